The molecule has 0 spiro atoms. The number of benzene rings is 10. The van der Waals surface area contributed by atoms with Crippen LogP contribution in [0.5, 0.6) is 0 Å². The van der Waals surface area contributed by atoms with Crippen LogP contribution >= 0.6 is 11.3 Å². The number of rotatable bonds is 7. The molecule has 0 bridgehead atoms. The van der Waals surface area contributed by atoms with Gasteiger partial charge in [0.15, 0.2) is 0 Å². The second-order valence-electron chi connectivity index (χ2n) is 15.6. The topological polar surface area (TPSA) is 16.4 Å². The van der Waals surface area contributed by atoms with Crippen molar-refractivity contribution >= 4 is 81.3 Å². The SMILES string of the molecule is c1cc(-c2ccc(N(c3ccc(-c4cccc5c4oc4ccccc45)cc3)c3ccccc3-c3ccc4sc5ccccc5c4c3)cc2)cc(-c2cccc3ccccc23)c1. The minimum absolute atomic E-state index is 0.904. The van der Waals surface area contributed by atoms with Crippen molar-refractivity contribution in [1.29, 1.82) is 0 Å². The molecule has 0 radical (unpaired) electrons. The third kappa shape index (κ3) is 6.09. The van der Waals surface area contributed by atoms with Crippen LogP contribution in [-0.2, 0) is 0 Å². The maximum Gasteiger partial charge on any atom is 0.143 e. The maximum atomic E-state index is 6.46. The first kappa shape index (κ1) is 35.2. The van der Waals surface area contributed by atoms with E-state index < -0.39 is 0 Å². The van der Waals surface area contributed by atoms with E-state index in [1.165, 1.54) is 64.3 Å². The molecule has 0 saturated heterocycles. The van der Waals surface area contributed by atoms with Crippen molar-refractivity contribution in [3.8, 4) is 44.5 Å². The Morgan fingerprint density at radius 3 is 1.77 bits per heavy atom. The summed E-state index contributed by atoms with van der Waals surface area (Å²) in [6, 6.07) is 81.2. The van der Waals surface area contributed by atoms with E-state index in [1.54, 1.807) is 0 Å². The van der Waals surface area contributed by atoms with Crippen LogP contribution in [-0.4, -0.2) is 0 Å². The molecule has 0 fully saturated rings. The lowest BCUT2D eigenvalue weighted by molar-refractivity contribution is 0.670. The van der Waals surface area contributed by atoms with Crippen LogP contribution in [0.15, 0.2) is 229 Å². The molecule has 0 saturated carbocycles. The van der Waals surface area contributed by atoms with Crippen molar-refractivity contribution in [1.82, 2.24) is 0 Å². The monoisotopic (exact) mass is 795 g/mol. The number of thiophene rings is 1. The summed E-state index contributed by atoms with van der Waals surface area (Å²) in [5.41, 5.74) is 14.4. The second-order valence-corrected chi connectivity index (χ2v) is 16.7. The molecular formula is C58H37NOS. The highest BCUT2D eigenvalue weighted by atomic mass is 32.1. The molecule has 2 heterocycles. The largest absolute Gasteiger partial charge is 0.455 e. The molecule has 0 aliphatic rings. The standard InChI is InChI=1S/C58H37NOS/c1-2-16-46-39(12-1)13-10-20-47(46)42-15-9-14-41(36-42)38-26-31-44(32-27-38)59(45-33-28-40(29-34-45)49-21-11-22-52-50-18-4-7-24-55(50)60-58(49)52)54-23-6-3-17-48(54)43-30-35-57-53(37-43)51-19-5-8-25-56(51)61-57/h1-37H. The van der Waals surface area contributed by atoms with Crippen LogP contribution in [0.25, 0.3) is 97.4 Å². The minimum atomic E-state index is 0.904. The summed E-state index contributed by atoms with van der Waals surface area (Å²) in [6.07, 6.45) is 0. The Morgan fingerprint density at radius 1 is 0.328 bits per heavy atom. The molecule has 10 aromatic carbocycles. The van der Waals surface area contributed by atoms with E-state index in [1.807, 2.05) is 23.5 Å². The van der Waals surface area contributed by atoms with E-state index in [-0.39, 0.29) is 0 Å². The number of anilines is 3. The number of nitrogens with zero attached hydrogens (tertiary/aromatic N) is 1. The van der Waals surface area contributed by atoms with E-state index in [0.29, 0.717) is 0 Å². The molecule has 286 valence electrons. The van der Waals surface area contributed by atoms with Crippen LogP contribution in [0.4, 0.5) is 17.1 Å². The van der Waals surface area contributed by atoms with Gasteiger partial charge in [0.05, 0.1) is 5.69 Å². The third-order valence-electron chi connectivity index (χ3n) is 12.1. The summed E-state index contributed by atoms with van der Waals surface area (Å²) in [5, 5.41) is 7.37. The number of hydrogen-bond donors (Lipinski definition) is 0. The summed E-state index contributed by atoms with van der Waals surface area (Å²) in [5.74, 6) is 0. The molecule has 3 heteroatoms. The van der Waals surface area contributed by atoms with Gasteiger partial charge < -0.3 is 9.32 Å². The third-order valence-corrected chi connectivity index (χ3v) is 13.2. The highest BCUT2D eigenvalue weighted by Gasteiger charge is 2.19. The van der Waals surface area contributed by atoms with Crippen LogP contribution in [0.3, 0.4) is 0 Å². The first-order valence-corrected chi connectivity index (χ1v) is 21.6. The zero-order valence-electron chi connectivity index (χ0n) is 33.1. The predicted octanol–water partition coefficient (Wildman–Crippen LogP) is 17.2. The Morgan fingerprint density at radius 2 is 0.902 bits per heavy atom. The van der Waals surface area contributed by atoms with Gasteiger partial charge in [0.2, 0.25) is 0 Å². The fraction of sp³-hybridized carbons (Fsp3) is 0. The highest BCUT2D eigenvalue weighted by Crippen LogP contribution is 2.45. The molecule has 12 rings (SSSR count). The lowest BCUT2D eigenvalue weighted by atomic mass is 9.95. The normalized spacial score (nSPS) is 11.6. The van der Waals surface area contributed by atoms with Crippen molar-refractivity contribution in [2.75, 3.05) is 4.90 Å². The van der Waals surface area contributed by atoms with Crippen molar-refractivity contribution in [2.24, 2.45) is 0 Å². The van der Waals surface area contributed by atoms with E-state index in [0.717, 1.165) is 50.1 Å². The predicted molar refractivity (Wildman–Crippen MR) is 261 cm³/mol. The molecule has 0 amide bonds. The quantitative estimate of drug-likeness (QED) is 0.160. The first-order valence-electron chi connectivity index (χ1n) is 20.7. The lowest BCUT2D eigenvalue weighted by Gasteiger charge is -2.28. The molecule has 12 aromatic rings. The first-order chi connectivity index (χ1) is 30.2. The van der Waals surface area contributed by atoms with Crippen molar-refractivity contribution < 1.29 is 4.42 Å². The van der Waals surface area contributed by atoms with Gasteiger partial charge in [-0.2, -0.15) is 0 Å². The van der Waals surface area contributed by atoms with Crippen molar-refractivity contribution in [3.63, 3.8) is 0 Å². The summed E-state index contributed by atoms with van der Waals surface area (Å²) < 4.78 is 9.07. The molecular weight excluding hydrogens is 759 g/mol. The average molecular weight is 796 g/mol. The number of hydrogen-bond acceptors (Lipinski definition) is 3. The van der Waals surface area contributed by atoms with Gasteiger partial charge in [0.1, 0.15) is 11.2 Å². The highest BCUT2D eigenvalue weighted by molar-refractivity contribution is 7.25. The van der Waals surface area contributed by atoms with Gasteiger partial charge in [-0.05, 0) is 105 Å². The van der Waals surface area contributed by atoms with Gasteiger partial charge in [-0.3, -0.25) is 0 Å². The van der Waals surface area contributed by atoms with E-state index in [4.69, 9.17) is 4.42 Å². The van der Waals surface area contributed by atoms with Crippen molar-refractivity contribution in [3.05, 3.63) is 224 Å². The summed E-state index contributed by atoms with van der Waals surface area (Å²) >= 11 is 1.85. The molecule has 0 N–H and O–H groups in total. The molecule has 0 unspecified atom stereocenters. The Kier molecular flexibility index (Phi) is 8.39. The number of fused-ring (bicyclic) bond motifs is 7. The van der Waals surface area contributed by atoms with Gasteiger partial charge in [0, 0.05) is 53.4 Å². The second kappa shape index (κ2) is 14.5. The number of para-hydroxylation sites is 3. The Bertz CT molecular complexity index is 3590. The minimum Gasteiger partial charge on any atom is -0.455 e. The smallest absolute Gasteiger partial charge is 0.143 e. The summed E-state index contributed by atoms with van der Waals surface area (Å²) in [4.78, 5) is 2.40. The van der Waals surface area contributed by atoms with Gasteiger partial charge in [0.25, 0.3) is 0 Å². The van der Waals surface area contributed by atoms with E-state index in [9.17, 15) is 0 Å². The zero-order chi connectivity index (χ0) is 40.3. The molecule has 0 atom stereocenters. The molecule has 61 heavy (non-hydrogen) atoms. The Hall–Kier alpha value is -7.72. The van der Waals surface area contributed by atoms with Crippen molar-refractivity contribution in [2.45, 2.75) is 0 Å². The Labute approximate surface area is 357 Å². The Balaban J connectivity index is 0.975. The van der Waals surface area contributed by atoms with Gasteiger partial charge >= 0.3 is 0 Å². The van der Waals surface area contributed by atoms with Gasteiger partial charge in [-0.1, -0.05) is 164 Å². The number of furan rings is 1. The fourth-order valence-electron chi connectivity index (χ4n) is 9.14. The van der Waals surface area contributed by atoms with Crippen LogP contribution in [0.1, 0.15) is 0 Å². The van der Waals surface area contributed by atoms with Crippen LogP contribution in [0.2, 0.25) is 0 Å². The zero-order valence-corrected chi connectivity index (χ0v) is 33.9. The van der Waals surface area contributed by atoms with Crippen LogP contribution < -0.4 is 4.90 Å². The summed E-state index contributed by atoms with van der Waals surface area (Å²) in [6.45, 7) is 0. The molecule has 0 aliphatic carbocycles. The summed E-state index contributed by atoms with van der Waals surface area (Å²) in [7, 11) is 0. The van der Waals surface area contributed by atoms with Gasteiger partial charge in [-0.15, -0.1) is 11.3 Å². The van der Waals surface area contributed by atoms with Crippen LogP contribution in [0, 0.1) is 0 Å². The molecule has 2 aromatic heterocycles. The van der Waals surface area contributed by atoms with Gasteiger partial charge in [-0.25, -0.2) is 0 Å². The fourth-order valence-corrected chi connectivity index (χ4v) is 10.2. The maximum absolute atomic E-state index is 6.46. The van der Waals surface area contributed by atoms with E-state index in [2.05, 4.69) is 217 Å². The van der Waals surface area contributed by atoms with E-state index >= 15 is 0 Å². The molecule has 2 nitrogen and oxygen atoms in total. The average Bonchev–Trinajstić information content (AvgIpc) is 3.91. The molecule has 0 aliphatic heterocycles. The lowest BCUT2D eigenvalue weighted by Crippen LogP contribution is -2.11.